The maximum atomic E-state index is 12.0. The molecule has 2 atom stereocenters. The van der Waals surface area contributed by atoms with Crippen molar-refractivity contribution >= 4 is 11.9 Å². The molecule has 0 unspecified atom stereocenters. The van der Waals surface area contributed by atoms with Gasteiger partial charge in [0.05, 0.1) is 18.6 Å². The van der Waals surface area contributed by atoms with Gasteiger partial charge in [-0.2, -0.15) is 0 Å². The Kier molecular flexibility index (Phi) is 12.7. The smallest absolute Gasteiger partial charge is 0.306 e. The van der Waals surface area contributed by atoms with E-state index < -0.39 is 18.1 Å². The number of nitrogens with one attached hydrogen (secondary N) is 2. The van der Waals surface area contributed by atoms with Gasteiger partial charge in [-0.05, 0) is 38.8 Å². The Labute approximate surface area is 140 Å². The van der Waals surface area contributed by atoms with Crippen LogP contribution in [0, 0.1) is 5.92 Å². The lowest BCUT2D eigenvalue weighted by atomic mass is 9.97. The van der Waals surface area contributed by atoms with E-state index in [0.29, 0.717) is 12.8 Å². The van der Waals surface area contributed by atoms with E-state index in [0.717, 1.165) is 38.6 Å². The number of carbonyl (C=O) groups is 2. The SMILES string of the molecule is CNCCCCCCCC(=O)N[C@@H](CC(C)C)[C@H](O)CC(=O)O. The third-order valence-corrected chi connectivity index (χ3v) is 3.75. The van der Waals surface area contributed by atoms with E-state index in [-0.39, 0.29) is 18.2 Å². The number of unbranched alkanes of at least 4 members (excludes halogenated alkanes) is 4. The molecular weight excluding hydrogens is 296 g/mol. The molecule has 0 heterocycles. The molecule has 136 valence electrons. The predicted octanol–water partition coefficient (Wildman–Crippen LogP) is 1.91. The first-order chi connectivity index (χ1) is 10.9. The number of aliphatic carboxylic acids is 1. The summed E-state index contributed by atoms with van der Waals surface area (Å²) in [5.74, 6) is -0.881. The summed E-state index contributed by atoms with van der Waals surface area (Å²) in [5.41, 5.74) is 0. The van der Waals surface area contributed by atoms with Gasteiger partial charge in [0.25, 0.3) is 0 Å². The Morgan fingerprint density at radius 2 is 1.65 bits per heavy atom. The molecule has 0 aliphatic rings. The van der Waals surface area contributed by atoms with Crippen LogP contribution >= 0.6 is 0 Å². The fraction of sp³-hybridized carbons (Fsp3) is 0.882. The molecule has 6 heteroatoms. The van der Waals surface area contributed by atoms with E-state index >= 15 is 0 Å². The maximum absolute atomic E-state index is 12.0. The molecule has 0 aromatic rings. The van der Waals surface area contributed by atoms with Crippen LogP contribution in [0.5, 0.6) is 0 Å². The zero-order chi connectivity index (χ0) is 17.7. The monoisotopic (exact) mass is 330 g/mol. The molecule has 6 nitrogen and oxygen atoms in total. The van der Waals surface area contributed by atoms with Crippen molar-refractivity contribution in [2.75, 3.05) is 13.6 Å². The topological polar surface area (TPSA) is 98.7 Å². The van der Waals surface area contributed by atoms with Gasteiger partial charge in [-0.3, -0.25) is 9.59 Å². The zero-order valence-corrected chi connectivity index (χ0v) is 14.8. The average molecular weight is 330 g/mol. The Hall–Kier alpha value is -1.14. The molecule has 0 radical (unpaired) electrons. The fourth-order valence-electron chi connectivity index (χ4n) is 2.54. The number of amides is 1. The maximum Gasteiger partial charge on any atom is 0.306 e. The molecule has 0 saturated heterocycles. The number of hydrogen-bond donors (Lipinski definition) is 4. The lowest BCUT2D eigenvalue weighted by Gasteiger charge is -2.25. The van der Waals surface area contributed by atoms with E-state index in [1.807, 2.05) is 20.9 Å². The number of hydrogen-bond acceptors (Lipinski definition) is 4. The highest BCUT2D eigenvalue weighted by Crippen LogP contribution is 2.12. The highest BCUT2D eigenvalue weighted by molar-refractivity contribution is 5.76. The van der Waals surface area contributed by atoms with Gasteiger partial charge in [-0.15, -0.1) is 0 Å². The van der Waals surface area contributed by atoms with Crippen molar-refractivity contribution in [1.82, 2.24) is 10.6 Å². The van der Waals surface area contributed by atoms with Crippen LogP contribution < -0.4 is 10.6 Å². The lowest BCUT2D eigenvalue weighted by molar-refractivity contribution is -0.140. The summed E-state index contributed by atoms with van der Waals surface area (Å²) in [4.78, 5) is 22.7. The van der Waals surface area contributed by atoms with Crippen LogP contribution in [0.4, 0.5) is 0 Å². The van der Waals surface area contributed by atoms with Crippen molar-refractivity contribution in [2.45, 2.75) is 77.4 Å². The quantitative estimate of drug-likeness (QED) is 0.365. The van der Waals surface area contributed by atoms with Crippen LogP contribution in [-0.2, 0) is 9.59 Å². The molecule has 23 heavy (non-hydrogen) atoms. The van der Waals surface area contributed by atoms with E-state index in [4.69, 9.17) is 5.11 Å². The van der Waals surface area contributed by atoms with Gasteiger partial charge in [-0.25, -0.2) is 0 Å². The Bertz CT molecular complexity index is 335. The van der Waals surface area contributed by atoms with Crippen LogP contribution in [0.1, 0.15) is 65.2 Å². The van der Waals surface area contributed by atoms with Crippen molar-refractivity contribution < 1.29 is 19.8 Å². The molecule has 0 bridgehead atoms. The summed E-state index contributed by atoms with van der Waals surface area (Å²) in [6.45, 7) is 4.99. The number of carboxylic acid groups (broad SMARTS) is 1. The van der Waals surface area contributed by atoms with Crippen molar-refractivity contribution in [3.63, 3.8) is 0 Å². The number of rotatable bonds is 14. The van der Waals surface area contributed by atoms with E-state index in [1.54, 1.807) is 0 Å². The Morgan fingerprint density at radius 3 is 2.22 bits per heavy atom. The molecule has 0 fully saturated rings. The molecule has 4 N–H and O–H groups in total. The van der Waals surface area contributed by atoms with Gasteiger partial charge >= 0.3 is 5.97 Å². The van der Waals surface area contributed by atoms with Gasteiger partial charge in [-0.1, -0.05) is 33.1 Å². The number of aliphatic hydroxyl groups is 1. The second-order valence-corrected chi connectivity index (χ2v) is 6.59. The molecule has 0 aromatic heterocycles. The molecular formula is C17H34N2O4. The van der Waals surface area contributed by atoms with Crippen LogP contribution in [-0.4, -0.2) is 47.8 Å². The van der Waals surface area contributed by atoms with Crippen LogP contribution in [0.3, 0.4) is 0 Å². The summed E-state index contributed by atoms with van der Waals surface area (Å²) >= 11 is 0. The van der Waals surface area contributed by atoms with E-state index in [9.17, 15) is 14.7 Å². The lowest BCUT2D eigenvalue weighted by Crippen LogP contribution is -2.45. The first-order valence-electron chi connectivity index (χ1n) is 8.70. The van der Waals surface area contributed by atoms with Gasteiger partial charge in [0, 0.05) is 6.42 Å². The second kappa shape index (κ2) is 13.3. The molecule has 1 amide bonds. The Balaban J connectivity index is 4.05. The van der Waals surface area contributed by atoms with Gasteiger partial charge in [0.1, 0.15) is 0 Å². The van der Waals surface area contributed by atoms with E-state index in [1.165, 1.54) is 0 Å². The molecule has 0 aliphatic heterocycles. The number of aliphatic hydroxyl groups excluding tert-OH is 1. The van der Waals surface area contributed by atoms with E-state index in [2.05, 4.69) is 10.6 Å². The second-order valence-electron chi connectivity index (χ2n) is 6.59. The molecule has 0 spiro atoms. The largest absolute Gasteiger partial charge is 0.481 e. The first kappa shape index (κ1) is 21.9. The summed E-state index contributed by atoms with van der Waals surface area (Å²) < 4.78 is 0. The van der Waals surface area contributed by atoms with Crippen molar-refractivity contribution in [3.05, 3.63) is 0 Å². The zero-order valence-electron chi connectivity index (χ0n) is 14.8. The van der Waals surface area contributed by atoms with Crippen LogP contribution in [0.25, 0.3) is 0 Å². The minimum atomic E-state index is -1.05. The molecule has 0 aromatic carbocycles. The predicted molar refractivity (Wildman–Crippen MR) is 91.3 cm³/mol. The van der Waals surface area contributed by atoms with Gasteiger partial charge in [0.15, 0.2) is 0 Å². The highest BCUT2D eigenvalue weighted by Gasteiger charge is 2.24. The average Bonchev–Trinajstić information content (AvgIpc) is 2.44. The van der Waals surface area contributed by atoms with Crippen molar-refractivity contribution in [1.29, 1.82) is 0 Å². The number of carbonyl (C=O) groups excluding carboxylic acids is 1. The number of carboxylic acids is 1. The van der Waals surface area contributed by atoms with Crippen molar-refractivity contribution in [3.8, 4) is 0 Å². The summed E-state index contributed by atoms with van der Waals surface area (Å²) in [5, 5.41) is 24.7. The fourth-order valence-corrected chi connectivity index (χ4v) is 2.54. The third kappa shape index (κ3) is 13.0. The van der Waals surface area contributed by atoms with Crippen LogP contribution in [0.2, 0.25) is 0 Å². The Morgan fingerprint density at radius 1 is 1.04 bits per heavy atom. The minimum absolute atomic E-state index is 0.102. The highest BCUT2D eigenvalue weighted by atomic mass is 16.4. The molecule has 0 rings (SSSR count). The summed E-state index contributed by atoms with van der Waals surface area (Å²) in [6, 6.07) is -0.491. The van der Waals surface area contributed by atoms with Crippen molar-refractivity contribution in [2.24, 2.45) is 5.92 Å². The standard InChI is InChI=1S/C17H34N2O4/c1-13(2)11-14(15(20)12-17(22)23)19-16(21)9-7-5-4-6-8-10-18-3/h13-15,18,20H,4-12H2,1-3H3,(H,19,21)(H,22,23)/t14-,15+/m0/s1. The summed E-state index contributed by atoms with van der Waals surface area (Å²) in [6.07, 6.45) is 4.90. The molecule has 0 aliphatic carbocycles. The summed E-state index contributed by atoms with van der Waals surface area (Å²) in [7, 11) is 1.94. The molecule has 0 saturated carbocycles. The van der Waals surface area contributed by atoms with Gasteiger partial charge < -0.3 is 20.8 Å². The first-order valence-corrected chi connectivity index (χ1v) is 8.70. The van der Waals surface area contributed by atoms with Crippen LogP contribution in [0.15, 0.2) is 0 Å². The van der Waals surface area contributed by atoms with Gasteiger partial charge in [0.2, 0.25) is 5.91 Å². The minimum Gasteiger partial charge on any atom is -0.481 e. The third-order valence-electron chi connectivity index (χ3n) is 3.75. The normalized spacial score (nSPS) is 13.8.